The van der Waals surface area contributed by atoms with Crippen molar-refractivity contribution >= 4 is 34.8 Å². The maximum absolute atomic E-state index is 12.2. The molecule has 6 nitrogen and oxygen atoms in total. The first-order chi connectivity index (χ1) is 11.6. The highest BCUT2D eigenvalue weighted by Gasteiger charge is 2.13. The number of likely N-dealkylation sites (tertiary alicyclic amines) is 1. The quantitative estimate of drug-likeness (QED) is 0.899. The molecular formula is C16H19Cl2N5O. The Morgan fingerprint density at radius 2 is 1.88 bits per heavy atom. The number of carbonyl (C=O) groups is 1. The van der Waals surface area contributed by atoms with E-state index in [1.54, 1.807) is 22.9 Å². The summed E-state index contributed by atoms with van der Waals surface area (Å²) in [6, 6.07) is 3.54. The molecule has 128 valence electrons. The van der Waals surface area contributed by atoms with Crippen LogP contribution >= 0.6 is 23.2 Å². The van der Waals surface area contributed by atoms with E-state index in [4.69, 9.17) is 23.2 Å². The van der Waals surface area contributed by atoms with E-state index in [1.165, 1.54) is 19.2 Å². The zero-order valence-corrected chi connectivity index (χ0v) is 14.7. The summed E-state index contributed by atoms with van der Waals surface area (Å²) in [5, 5.41) is 3.42. The molecule has 1 saturated heterocycles. The molecule has 1 aliphatic heterocycles. The summed E-state index contributed by atoms with van der Waals surface area (Å²) < 4.78 is 1.58. The molecule has 0 saturated carbocycles. The molecule has 2 aromatic heterocycles. The average Bonchev–Trinajstić information content (AvgIpc) is 2.78. The summed E-state index contributed by atoms with van der Waals surface area (Å²) in [5.74, 6) is 0.570. The lowest BCUT2D eigenvalue weighted by Gasteiger charge is -2.18. The number of amides is 1. The summed E-state index contributed by atoms with van der Waals surface area (Å²) in [5.41, 5.74) is 0.654. The van der Waals surface area contributed by atoms with E-state index in [2.05, 4.69) is 20.2 Å². The van der Waals surface area contributed by atoms with Gasteiger partial charge in [-0.2, -0.15) is 0 Å². The van der Waals surface area contributed by atoms with Gasteiger partial charge in [0.1, 0.15) is 12.1 Å². The Labute approximate surface area is 150 Å². The Morgan fingerprint density at radius 1 is 1.12 bits per heavy atom. The van der Waals surface area contributed by atoms with E-state index in [0.29, 0.717) is 23.2 Å². The molecule has 1 N–H and O–H groups in total. The average molecular weight is 368 g/mol. The van der Waals surface area contributed by atoms with Gasteiger partial charge >= 0.3 is 0 Å². The van der Waals surface area contributed by atoms with Gasteiger partial charge in [-0.15, -0.1) is 0 Å². The fourth-order valence-electron chi connectivity index (χ4n) is 2.77. The lowest BCUT2D eigenvalue weighted by atomic mass is 10.2. The zero-order chi connectivity index (χ0) is 16.9. The first kappa shape index (κ1) is 17.2. The van der Waals surface area contributed by atoms with Crippen LogP contribution in [-0.2, 0) is 4.79 Å². The molecular weight excluding hydrogens is 349 g/mol. The van der Waals surface area contributed by atoms with E-state index < -0.39 is 0 Å². The predicted octanol–water partition coefficient (Wildman–Crippen LogP) is 3.39. The minimum Gasteiger partial charge on any atom is -0.324 e. The Kier molecular flexibility index (Phi) is 5.71. The van der Waals surface area contributed by atoms with E-state index in [-0.39, 0.29) is 11.1 Å². The maximum Gasteiger partial charge on any atom is 0.238 e. The van der Waals surface area contributed by atoms with E-state index >= 15 is 0 Å². The number of carbonyl (C=O) groups excluding carboxylic acids is 1. The topological polar surface area (TPSA) is 63.1 Å². The largest absolute Gasteiger partial charge is 0.324 e. The van der Waals surface area contributed by atoms with Crippen LogP contribution in [0, 0.1) is 0 Å². The van der Waals surface area contributed by atoms with Gasteiger partial charge in [0.05, 0.1) is 18.4 Å². The number of hydrogen-bond donors (Lipinski definition) is 1. The molecule has 0 unspecified atom stereocenters. The molecule has 0 aliphatic carbocycles. The summed E-state index contributed by atoms with van der Waals surface area (Å²) in [6.07, 6.45) is 7.94. The van der Waals surface area contributed by atoms with E-state index in [1.807, 2.05) is 0 Å². The number of rotatable bonds is 4. The minimum atomic E-state index is -0.0184. The van der Waals surface area contributed by atoms with Crippen molar-refractivity contribution in [2.45, 2.75) is 25.7 Å². The van der Waals surface area contributed by atoms with Gasteiger partial charge in [-0.05, 0) is 38.1 Å². The molecule has 0 aromatic carbocycles. The number of anilines is 1. The van der Waals surface area contributed by atoms with Crippen LogP contribution in [0.5, 0.6) is 0 Å². The van der Waals surface area contributed by atoms with Gasteiger partial charge in [0.15, 0.2) is 10.3 Å². The van der Waals surface area contributed by atoms with Crippen molar-refractivity contribution in [3.63, 3.8) is 0 Å². The Hall–Kier alpha value is -1.63. The van der Waals surface area contributed by atoms with Gasteiger partial charge in [0, 0.05) is 0 Å². The molecule has 0 radical (unpaired) electrons. The van der Waals surface area contributed by atoms with Crippen molar-refractivity contribution in [1.82, 2.24) is 19.4 Å². The molecule has 0 atom stereocenters. The highest BCUT2D eigenvalue weighted by atomic mass is 35.5. The predicted molar refractivity (Wildman–Crippen MR) is 94.9 cm³/mol. The number of hydrogen-bond acceptors (Lipinski definition) is 4. The second-order valence-electron chi connectivity index (χ2n) is 5.84. The van der Waals surface area contributed by atoms with Crippen molar-refractivity contribution in [2.24, 2.45) is 0 Å². The number of nitrogens with zero attached hydrogens (tertiary/aromatic N) is 4. The molecule has 24 heavy (non-hydrogen) atoms. The van der Waals surface area contributed by atoms with Crippen LogP contribution in [0.3, 0.4) is 0 Å². The third kappa shape index (κ3) is 4.26. The standard InChI is InChI=1S/C16H19Cl2N5O/c17-15-16(18)23(11-20-15)13-6-5-12(9-19-13)21-14(24)10-22-7-3-1-2-4-8-22/h5-6,9,11H,1-4,7-8,10H2,(H,21,24). The highest BCUT2D eigenvalue weighted by Crippen LogP contribution is 2.23. The second-order valence-corrected chi connectivity index (χ2v) is 6.56. The second kappa shape index (κ2) is 7.96. The van der Waals surface area contributed by atoms with Gasteiger partial charge in [0.25, 0.3) is 0 Å². The van der Waals surface area contributed by atoms with Crippen molar-refractivity contribution in [1.29, 1.82) is 0 Å². The fraction of sp³-hybridized carbons (Fsp3) is 0.438. The van der Waals surface area contributed by atoms with E-state index in [0.717, 1.165) is 25.9 Å². The maximum atomic E-state index is 12.2. The van der Waals surface area contributed by atoms with Crippen LogP contribution in [0.15, 0.2) is 24.7 Å². The number of imidazole rings is 1. The van der Waals surface area contributed by atoms with Gasteiger partial charge in [-0.3, -0.25) is 14.3 Å². The Morgan fingerprint density at radius 3 is 2.46 bits per heavy atom. The van der Waals surface area contributed by atoms with Gasteiger partial charge in [0.2, 0.25) is 5.91 Å². The SMILES string of the molecule is O=C(CN1CCCCCC1)Nc1ccc(-n2cnc(Cl)c2Cl)nc1. The van der Waals surface area contributed by atoms with Crippen LogP contribution < -0.4 is 5.32 Å². The van der Waals surface area contributed by atoms with Crippen LogP contribution in [0.2, 0.25) is 10.3 Å². The lowest BCUT2D eigenvalue weighted by Crippen LogP contribution is -2.33. The van der Waals surface area contributed by atoms with Crippen LogP contribution in [0.1, 0.15) is 25.7 Å². The Bertz CT molecular complexity index is 693. The van der Waals surface area contributed by atoms with Gasteiger partial charge in [-0.1, -0.05) is 36.0 Å². The molecule has 0 spiro atoms. The van der Waals surface area contributed by atoms with Crippen LogP contribution in [-0.4, -0.2) is 45.0 Å². The normalized spacial score (nSPS) is 15.9. The molecule has 1 fully saturated rings. The van der Waals surface area contributed by atoms with E-state index in [9.17, 15) is 4.79 Å². The Balaban J connectivity index is 1.59. The summed E-state index contributed by atoms with van der Waals surface area (Å²) in [4.78, 5) is 22.6. The summed E-state index contributed by atoms with van der Waals surface area (Å²) in [7, 11) is 0. The molecule has 1 aliphatic rings. The molecule has 0 bridgehead atoms. The van der Waals surface area contributed by atoms with Gasteiger partial charge in [-0.25, -0.2) is 9.97 Å². The van der Waals surface area contributed by atoms with Crippen molar-refractivity contribution in [2.75, 3.05) is 25.0 Å². The number of halogens is 2. The molecule has 3 rings (SSSR count). The van der Waals surface area contributed by atoms with Gasteiger partial charge < -0.3 is 5.32 Å². The van der Waals surface area contributed by atoms with Crippen molar-refractivity contribution in [3.8, 4) is 5.82 Å². The molecule has 2 aromatic rings. The van der Waals surface area contributed by atoms with Crippen molar-refractivity contribution < 1.29 is 4.79 Å². The molecule has 8 heteroatoms. The monoisotopic (exact) mass is 367 g/mol. The number of aromatic nitrogens is 3. The highest BCUT2D eigenvalue weighted by molar-refractivity contribution is 6.40. The lowest BCUT2D eigenvalue weighted by molar-refractivity contribution is -0.117. The van der Waals surface area contributed by atoms with Crippen LogP contribution in [0.25, 0.3) is 5.82 Å². The summed E-state index contributed by atoms with van der Waals surface area (Å²) in [6.45, 7) is 2.40. The third-order valence-corrected chi connectivity index (χ3v) is 4.75. The number of pyridine rings is 1. The third-order valence-electron chi connectivity index (χ3n) is 4.01. The molecule has 3 heterocycles. The number of nitrogens with one attached hydrogen (secondary N) is 1. The smallest absolute Gasteiger partial charge is 0.238 e. The van der Waals surface area contributed by atoms with Crippen LogP contribution in [0.4, 0.5) is 5.69 Å². The summed E-state index contributed by atoms with van der Waals surface area (Å²) >= 11 is 11.9. The fourth-order valence-corrected chi connectivity index (χ4v) is 3.09. The molecule has 1 amide bonds. The van der Waals surface area contributed by atoms with Crippen molar-refractivity contribution in [3.05, 3.63) is 35.0 Å². The minimum absolute atomic E-state index is 0.0184. The first-order valence-corrected chi connectivity index (χ1v) is 8.76. The first-order valence-electron chi connectivity index (χ1n) is 8.00. The zero-order valence-electron chi connectivity index (χ0n) is 13.2.